The van der Waals surface area contributed by atoms with Gasteiger partial charge in [0.15, 0.2) is 5.96 Å². The predicted octanol–water partition coefficient (Wildman–Crippen LogP) is 2.57. The highest BCUT2D eigenvalue weighted by atomic mass is 127. The van der Waals surface area contributed by atoms with Crippen LogP contribution in [0, 0.1) is 6.92 Å². The average Bonchev–Trinajstić information content (AvgIpc) is 2.66. The summed E-state index contributed by atoms with van der Waals surface area (Å²) in [4.78, 5) is 22.4. The summed E-state index contributed by atoms with van der Waals surface area (Å²) in [5.74, 6) is 0.873. The summed E-state index contributed by atoms with van der Waals surface area (Å²) in [7, 11) is 5.98. The van der Waals surface area contributed by atoms with Gasteiger partial charge in [-0.05, 0) is 33.5 Å². The van der Waals surface area contributed by atoms with Crippen LogP contribution < -0.4 is 5.32 Å². The Morgan fingerprint density at radius 1 is 1.18 bits per heavy atom. The molecule has 1 saturated heterocycles. The molecule has 0 aliphatic carbocycles. The molecule has 0 radical (unpaired) electrons. The van der Waals surface area contributed by atoms with Gasteiger partial charge in [0.25, 0.3) is 0 Å². The van der Waals surface area contributed by atoms with Crippen molar-refractivity contribution < 1.29 is 9.53 Å². The third kappa shape index (κ3) is 6.80. The summed E-state index contributed by atoms with van der Waals surface area (Å²) >= 11 is 0. The molecule has 0 spiro atoms. The Morgan fingerprint density at radius 3 is 2.25 bits per heavy atom. The van der Waals surface area contributed by atoms with Crippen molar-refractivity contribution in [2.45, 2.75) is 19.9 Å². The zero-order chi connectivity index (χ0) is 19.8. The monoisotopic (exact) mass is 503 g/mol. The Bertz CT molecular complexity index is 628. The number of guanidine groups is 1. The first-order chi connectivity index (χ1) is 13.0. The number of likely N-dealkylation sites (N-methyl/N-ethyl adjacent to an activating group) is 1. The molecule has 1 atom stereocenters. The fourth-order valence-corrected chi connectivity index (χ4v) is 3.22. The highest BCUT2D eigenvalue weighted by Crippen LogP contribution is 2.18. The van der Waals surface area contributed by atoms with E-state index in [0.717, 1.165) is 25.6 Å². The molecule has 28 heavy (non-hydrogen) atoms. The molecular weight excluding hydrogens is 469 g/mol. The average molecular weight is 503 g/mol. The van der Waals surface area contributed by atoms with Gasteiger partial charge in [0.2, 0.25) is 0 Å². The summed E-state index contributed by atoms with van der Waals surface area (Å²) in [6, 6.07) is 8.92. The van der Waals surface area contributed by atoms with Gasteiger partial charge in [-0.3, -0.25) is 4.99 Å². The van der Waals surface area contributed by atoms with Crippen molar-refractivity contribution >= 4 is 36.0 Å². The molecule has 1 aromatic carbocycles. The van der Waals surface area contributed by atoms with Crippen LogP contribution in [-0.4, -0.2) is 87.2 Å². The molecule has 0 bridgehead atoms. The van der Waals surface area contributed by atoms with Crippen LogP contribution >= 0.6 is 24.0 Å². The third-order valence-corrected chi connectivity index (χ3v) is 4.86. The Labute approximate surface area is 186 Å². The largest absolute Gasteiger partial charge is 0.450 e. The van der Waals surface area contributed by atoms with E-state index in [-0.39, 0.29) is 36.1 Å². The number of benzene rings is 1. The van der Waals surface area contributed by atoms with E-state index in [1.807, 2.05) is 6.92 Å². The highest BCUT2D eigenvalue weighted by molar-refractivity contribution is 14.0. The Kier molecular flexibility index (Phi) is 10.6. The molecule has 1 aliphatic rings. The molecule has 1 aliphatic heterocycles. The summed E-state index contributed by atoms with van der Waals surface area (Å²) in [5, 5.41) is 3.50. The number of nitrogens with zero attached hydrogens (tertiary/aromatic N) is 4. The number of hydrogen-bond donors (Lipinski definition) is 1. The van der Waals surface area contributed by atoms with E-state index in [1.54, 1.807) is 11.9 Å². The van der Waals surface area contributed by atoms with Crippen LogP contribution in [0.25, 0.3) is 0 Å². The highest BCUT2D eigenvalue weighted by Gasteiger charge is 2.24. The van der Waals surface area contributed by atoms with Crippen molar-refractivity contribution in [3.63, 3.8) is 0 Å². The van der Waals surface area contributed by atoms with Crippen LogP contribution in [-0.2, 0) is 4.74 Å². The lowest BCUT2D eigenvalue weighted by atomic mass is 10.0. The van der Waals surface area contributed by atoms with Crippen LogP contribution in [0.15, 0.2) is 29.3 Å². The van der Waals surface area contributed by atoms with Crippen LogP contribution in [0.5, 0.6) is 0 Å². The zero-order valence-electron chi connectivity index (χ0n) is 17.6. The van der Waals surface area contributed by atoms with Gasteiger partial charge in [-0.15, -0.1) is 24.0 Å². The number of carbonyl (C=O) groups is 1. The molecule has 1 fully saturated rings. The van der Waals surface area contributed by atoms with Gasteiger partial charge in [-0.2, -0.15) is 0 Å². The second-order valence-corrected chi connectivity index (χ2v) is 6.99. The number of nitrogens with one attached hydrogen (secondary N) is 1. The molecule has 0 aromatic heterocycles. The molecule has 1 heterocycles. The summed E-state index contributed by atoms with van der Waals surface area (Å²) in [5.41, 5.74) is 2.54. The molecule has 0 saturated carbocycles. The number of halogens is 1. The molecule has 2 rings (SSSR count). The maximum Gasteiger partial charge on any atom is 0.409 e. The van der Waals surface area contributed by atoms with Crippen molar-refractivity contribution in [2.24, 2.45) is 4.99 Å². The number of aryl methyl sites for hydroxylation is 1. The summed E-state index contributed by atoms with van der Waals surface area (Å²) in [6.07, 6.45) is -0.230. The smallest absolute Gasteiger partial charge is 0.409 e. The molecule has 1 amide bonds. The van der Waals surface area contributed by atoms with Gasteiger partial charge in [0.1, 0.15) is 0 Å². The van der Waals surface area contributed by atoms with Gasteiger partial charge in [0, 0.05) is 39.8 Å². The van der Waals surface area contributed by atoms with Crippen LogP contribution in [0.4, 0.5) is 4.79 Å². The Balaban J connectivity index is 0.00000392. The zero-order valence-corrected chi connectivity index (χ0v) is 20.0. The second-order valence-electron chi connectivity index (χ2n) is 6.99. The molecule has 1 N–H and O–H groups in total. The SMILES string of the molecule is CCOC(=O)N1CCN(C(=NC)NCC(c2ccc(C)cc2)N(C)C)CC1.I. The summed E-state index contributed by atoms with van der Waals surface area (Å²) < 4.78 is 5.08. The molecule has 1 aromatic rings. The number of carbonyl (C=O) groups excluding carboxylic acids is 1. The molecule has 158 valence electrons. The fourth-order valence-electron chi connectivity index (χ4n) is 3.22. The van der Waals surface area contributed by atoms with Gasteiger partial charge in [0.05, 0.1) is 12.6 Å². The molecule has 1 unspecified atom stereocenters. The van der Waals surface area contributed by atoms with E-state index < -0.39 is 0 Å². The minimum absolute atomic E-state index is 0. The first-order valence-corrected chi connectivity index (χ1v) is 9.56. The van der Waals surface area contributed by atoms with Crippen molar-refractivity contribution in [2.75, 3.05) is 60.5 Å². The van der Waals surface area contributed by atoms with E-state index in [0.29, 0.717) is 19.7 Å². The first-order valence-electron chi connectivity index (χ1n) is 9.56. The maximum atomic E-state index is 11.8. The number of amides is 1. The molecule has 7 nitrogen and oxygen atoms in total. The standard InChI is InChI=1S/C20H33N5O2.HI/c1-6-27-20(26)25-13-11-24(12-14-25)19(21-3)22-15-18(23(4)5)17-9-7-16(2)8-10-17;/h7-10,18H,6,11-15H2,1-5H3,(H,21,22);1H. The van der Waals surface area contributed by atoms with Crippen molar-refractivity contribution in [3.8, 4) is 0 Å². The molecular formula is C20H34IN5O2. The number of aliphatic imine (C=N–C) groups is 1. The number of ether oxygens (including phenoxy) is 1. The fraction of sp³-hybridized carbons (Fsp3) is 0.600. The van der Waals surface area contributed by atoms with Gasteiger partial charge in [-0.25, -0.2) is 4.79 Å². The lowest BCUT2D eigenvalue weighted by Crippen LogP contribution is -2.54. The first kappa shape index (κ1) is 24.5. The number of piperazine rings is 1. The second kappa shape index (κ2) is 12.1. The van der Waals surface area contributed by atoms with Gasteiger partial charge >= 0.3 is 6.09 Å². The minimum Gasteiger partial charge on any atom is -0.450 e. The van der Waals surface area contributed by atoms with E-state index >= 15 is 0 Å². The van der Waals surface area contributed by atoms with Crippen molar-refractivity contribution in [1.82, 2.24) is 20.0 Å². The normalized spacial score (nSPS) is 15.9. The van der Waals surface area contributed by atoms with Crippen molar-refractivity contribution in [1.29, 1.82) is 0 Å². The Hall–Kier alpha value is -1.55. The quantitative estimate of drug-likeness (QED) is 0.381. The maximum absolute atomic E-state index is 11.8. The van der Waals surface area contributed by atoms with Gasteiger partial charge in [-0.1, -0.05) is 29.8 Å². The van der Waals surface area contributed by atoms with Crippen LogP contribution in [0.1, 0.15) is 24.1 Å². The van der Waals surface area contributed by atoms with E-state index in [9.17, 15) is 4.79 Å². The predicted molar refractivity (Wildman–Crippen MR) is 125 cm³/mol. The van der Waals surface area contributed by atoms with E-state index in [2.05, 4.69) is 65.4 Å². The third-order valence-electron chi connectivity index (χ3n) is 4.86. The summed E-state index contributed by atoms with van der Waals surface area (Å²) in [6.45, 7) is 7.89. The topological polar surface area (TPSA) is 60.4 Å². The van der Waals surface area contributed by atoms with E-state index in [1.165, 1.54) is 11.1 Å². The number of hydrogen-bond acceptors (Lipinski definition) is 4. The number of rotatable bonds is 5. The van der Waals surface area contributed by atoms with Crippen molar-refractivity contribution in [3.05, 3.63) is 35.4 Å². The van der Waals surface area contributed by atoms with Gasteiger partial charge < -0.3 is 24.8 Å². The van der Waals surface area contributed by atoms with Crippen LogP contribution in [0.2, 0.25) is 0 Å². The van der Waals surface area contributed by atoms with E-state index in [4.69, 9.17) is 4.74 Å². The Morgan fingerprint density at radius 2 is 1.75 bits per heavy atom. The van der Waals surface area contributed by atoms with Crippen LogP contribution in [0.3, 0.4) is 0 Å². The molecule has 8 heteroatoms. The lowest BCUT2D eigenvalue weighted by molar-refractivity contribution is 0.0914. The minimum atomic E-state index is -0.230. The lowest BCUT2D eigenvalue weighted by Gasteiger charge is -2.36.